The Morgan fingerprint density at radius 2 is 1.88 bits per heavy atom. The van der Waals surface area contributed by atoms with E-state index in [-0.39, 0.29) is 17.0 Å². The highest BCUT2D eigenvalue weighted by molar-refractivity contribution is 5.97. The summed E-state index contributed by atoms with van der Waals surface area (Å²) in [6.07, 6.45) is 5.14. The summed E-state index contributed by atoms with van der Waals surface area (Å²) in [5.41, 5.74) is 4.83. The number of aliphatic hydroxyl groups is 1. The third kappa shape index (κ3) is 4.37. The first-order chi connectivity index (χ1) is 16.5. The maximum absolute atomic E-state index is 13.1. The second-order valence-electron chi connectivity index (χ2n) is 8.98. The van der Waals surface area contributed by atoms with E-state index in [0.29, 0.717) is 18.4 Å². The average molecular weight is 454 g/mol. The first kappa shape index (κ1) is 22.0. The predicted octanol–water partition coefficient (Wildman–Crippen LogP) is 4.06. The van der Waals surface area contributed by atoms with Crippen molar-refractivity contribution in [1.29, 1.82) is 0 Å². The van der Waals surface area contributed by atoms with Gasteiger partial charge < -0.3 is 15.0 Å². The number of para-hydroxylation sites is 1. The quantitative estimate of drug-likeness (QED) is 0.477. The van der Waals surface area contributed by atoms with Crippen LogP contribution in [0.25, 0.3) is 22.0 Å². The summed E-state index contributed by atoms with van der Waals surface area (Å²) in [7, 11) is 0. The molecule has 2 N–H and O–H groups in total. The number of hydrogen-bond acceptors (Lipinski definition) is 4. The smallest absolute Gasteiger partial charge is 0.257 e. The number of rotatable bonds is 5. The number of fused-ring (bicyclic) bond motifs is 1. The highest BCUT2D eigenvalue weighted by atomic mass is 16.3. The lowest BCUT2D eigenvalue weighted by atomic mass is 10.0. The van der Waals surface area contributed by atoms with Crippen molar-refractivity contribution < 1.29 is 9.90 Å². The van der Waals surface area contributed by atoms with Crippen LogP contribution < -0.4 is 10.7 Å². The van der Waals surface area contributed by atoms with Crippen LogP contribution in [0.15, 0.2) is 77.9 Å². The highest BCUT2D eigenvalue weighted by Crippen LogP contribution is 2.22. The van der Waals surface area contributed by atoms with Gasteiger partial charge in [0.2, 0.25) is 5.43 Å². The lowest BCUT2D eigenvalue weighted by molar-refractivity contribution is 0.0871. The zero-order chi connectivity index (χ0) is 23.7. The molecule has 0 spiro atoms. The number of aromatic nitrogens is 2. The molecule has 1 amide bonds. The maximum Gasteiger partial charge on any atom is 0.257 e. The van der Waals surface area contributed by atoms with Crippen LogP contribution in [0.2, 0.25) is 0 Å². The fraction of sp³-hybridized carbons (Fsp3) is 0.250. The number of nitrogens with one attached hydrogen (secondary N) is 1. The minimum Gasteiger partial charge on any atom is -0.391 e. The molecule has 1 aliphatic carbocycles. The molecule has 2 atom stereocenters. The van der Waals surface area contributed by atoms with Gasteiger partial charge in [0, 0.05) is 30.0 Å². The van der Waals surface area contributed by atoms with E-state index in [2.05, 4.69) is 40.6 Å². The summed E-state index contributed by atoms with van der Waals surface area (Å²) in [4.78, 5) is 30.4. The lowest BCUT2D eigenvalue weighted by Gasteiger charge is -2.18. The van der Waals surface area contributed by atoms with E-state index in [0.717, 1.165) is 40.7 Å². The molecule has 6 nitrogen and oxygen atoms in total. The summed E-state index contributed by atoms with van der Waals surface area (Å²) >= 11 is 0. The molecule has 5 rings (SSSR count). The zero-order valence-corrected chi connectivity index (χ0v) is 19.1. The van der Waals surface area contributed by atoms with E-state index < -0.39 is 12.0 Å². The molecule has 0 radical (unpaired) electrons. The number of benzene rings is 2. The molecule has 0 bridgehead atoms. The Balaban J connectivity index is 1.47. The Kier molecular flexibility index (Phi) is 5.99. The fourth-order valence-corrected chi connectivity index (χ4v) is 4.72. The number of pyridine rings is 2. The molecule has 1 aliphatic rings. The summed E-state index contributed by atoms with van der Waals surface area (Å²) in [6.45, 7) is 2.49. The van der Waals surface area contributed by atoms with Gasteiger partial charge in [-0.15, -0.1) is 0 Å². The van der Waals surface area contributed by atoms with Crippen molar-refractivity contribution in [3.05, 3.63) is 100 Å². The van der Waals surface area contributed by atoms with Crippen LogP contribution in [0.1, 0.15) is 40.9 Å². The Morgan fingerprint density at radius 1 is 1.09 bits per heavy atom. The van der Waals surface area contributed by atoms with Gasteiger partial charge in [0.1, 0.15) is 5.56 Å². The van der Waals surface area contributed by atoms with E-state index in [4.69, 9.17) is 0 Å². The second kappa shape index (κ2) is 9.23. The van der Waals surface area contributed by atoms with Crippen molar-refractivity contribution in [3.63, 3.8) is 0 Å². The molecule has 34 heavy (non-hydrogen) atoms. The van der Waals surface area contributed by atoms with Gasteiger partial charge in [-0.2, -0.15) is 0 Å². The largest absolute Gasteiger partial charge is 0.391 e. The van der Waals surface area contributed by atoms with Gasteiger partial charge in [-0.05, 0) is 67.1 Å². The SMILES string of the molecule is Cc1cc(-c2ccc(Cn3cc(C(=O)N[C@H]4CCC[C@@H]4O)c(=O)c4ccccc43)cc2)ccn1. The monoisotopic (exact) mass is 453 g/mol. The Labute approximate surface area is 197 Å². The molecule has 0 aliphatic heterocycles. The normalized spacial score (nSPS) is 17.7. The molecule has 2 aromatic carbocycles. The third-order valence-electron chi connectivity index (χ3n) is 6.57. The first-order valence-electron chi connectivity index (χ1n) is 11.6. The molecule has 4 aromatic rings. The predicted molar refractivity (Wildman–Crippen MR) is 133 cm³/mol. The van der Waals surface area contributed by atoms with Gasteiger partial charge in [-0.3, -0.25) is 14.6 Å². The summed E-state index contributed by atoms with van der Waals surface area (Å²) in [5, 5.41) is 13.5. The molecule has 0 saturated heterocycles. The first-order valence-corrected chi connectivity index (χ1v) is 11.6. The third-order valence-corrected chi connectivity index (χ3v) is 6.57. The van der Waals surface area contributed by atoms with Crippen LogP contribution in [-0.4, -0.2) is 32.7 Å². The molecular formula is C28H27N3O3. The molecule has 6 heteroatoms. The number of carbonyl (C=O) groups excluding carboxylic acids is 1. The van der Waals surface area contributed by atoms with Crippen molar-refractivity contribution in [2.75, 3.05) is 0 Å². The van der Waals surface area contributed by atoms with Crippen LogP contribution in [0.3, 0.4) is 0 Å². The lowest BCUT2D eigenvalue weighted by Crippen LogP contribution is -2.41. The van der Waals surface area contributed by atoms with Crippen molar-refractivity contribution in [1.82, 2.24) is 14.9 Å². The van der Waals surface area contributed by atoms with Gasteiger partial charge in [0.15, 0.2) is 0 Å². The van der Waals surface area contributed by atoms with Gasteiger partial charge in [0.05, 0.1) is 17.7 Å². The number of amides is 1. The fourth-order valence-electron chi connectivity index (χ4n) is 4.72. The van der Waals surface area contributed by atoms with E-state index in [1.165, 1.54) is 0 Å². The standard InChI is InChI=1S/C28H27N3O3/c1-18-15-21(13-14-29-18)20-11-9-19(10-12-20)16-31-17-23(27(33)22-5-2-3-7-25(22)31)28(34)30-24-6-4-8-26(24)32/h2-3,5,7,9-15,17,24,26,32H,4,6,8,16H2,1H3,(H,30,34)/t24-,26-/m0/s1. The van der Waals surface area contributed by atoms with Gasteiger partial charge >= 0.3 is 0 Å². The summed E-state index contributed by atoms with van der Waals surface area (Å²) in [6, 6.07) is 19.4. The minimum absolute atomic E-state index is 0.0988. The van der Waals surface area contributed by atoms with Crippen LogP contribution in [0, 0.1) is 6.92 Å². The number of carbonyl (C=O) groups is 1. The number of aliphatic hydroxyl groups excluding tert-OH is 1. The number of hydrogen-bond donors (Lipinski definition) is 2. The summed E-state index contributed by atoms with van der Waals surface area (Å²) < 4.78 is 1.95. The van der Waals surface area contributed by atoms with Crippen molar-refractivity contribution >= 4 is 16.8 Å². The molecule has 2 aromatic heterocycles. The maximum atomic E-state index is 13.1. The van der Waals surface area contributed by atoms with E-state index in [1.54, 1.807) is 12.3 Å². The van der Waals surface area contributed by atoms with E-state index >= 15 is 0 Å². The second-order valence-corrected chi connectivity index (χ2v) is 8.98. The average Bonchev–Trinajstić information content (AvgIpc) is 3.25. The number of nitrogens with zero attached hydrogens (tertiary/aromatic N) is 2. The molecule has 0 unspecified atom stereocenters. The van der Waals surface area contributed by atoms with Crippen molar-refractivity contribution in [3.8, 4) is 11.1 Å². The van der Waals surface area contributed by atoms with Crippen molar-refractivity contribution in [2.24, 2.45) is 0 Å². The molecular weight excluding hydrogens is 426 g/mol. The highest BCUT2D eigenvalue weighted by Gasteiger charge is 2.28. The summed E-state index contributed by atoms with van der Waals surface area (Å²) in [5.74, 6) is -0.432. The van der Waals surface area contributed by atoms with Crippen LogP contribution in [-0.2, 0) is 6.54 Å². The molecule has 1 saturated carbocycles. The Bertz CT molecular complexity index is 1410. The zero-order valence-electron chi connectivity index (χ0n) is 19.1. The van der Waals surface area contributed by atoms with Crippen LogP contribution in [0.5, 0.6) is 0 Å². The van der Waals surface area contributed by atoms with Crippen LogP contribution >= 0.6 is 0 Å². The van der Waals surface area contributed by atoms with Crippen LogP contribution in [0.4, 0.5) is 0 Å². The van der Waals surface area contributed by atoms with E-state index in [9.17, 15) is 14.7 Å². The topological polar surface area (TPSA) is 84.2 Å². The Morgan fingerprint density at radius 3 is 2.62 bits per heavy atom. The van der Waals surface area contributed by atoms with Gasteiger partial charge in [-0.1, -0.05) is 36.4 Å². The Hall–Kier alpha value is -3.77. The number of aryl methyl sites for hydroxylation is 1. The minimum atomic E-state index is -0.561. The van der Waals surface area contributed by atoms with Gasteiger partial charge in [0.25, 0.3) is 5.91 Å². The van der Waals surface area contributed by atoms with Gasteiger partial charge in [-0.25, -0.2) is 0 Å². The van der Waals surface area contributed by atoms with E-state index in [1.807, 2.05) is 42.0 Å². The molecule has 2 heterocycles. The van der Waals surface area contributed by atoms with Crippen molar-refractivity contribution in [2.45, 2.75) is 44.9 Å². The molecule has 1 fully saturated rings. The molecule has 172 valence electrons.